The average Bonchev–Trinajstić information content (AvgIpc) is 2.06. The number of rotatable bonds is 3. The first kappa shape index (κ1) is 15.2. The molecule has 90 valence electrons. The van der Waals surface area contributed by atoms with Gasteiger partial charge in [-0.1, -0.05) is 11.6 Å². The largest absolute Gasteiger partial charge is 1.00 e. The van der Waals surface area contributed by atoms with E-state index < -0.39 is 0 Å². The molecule has 0 saturated heterocycles. The third kappa shape index (κ3) is 4.39. The average molecular weight is 263 g/mol. The summed E-state index contributed by atoms with van der Waals surface area (Å²) in [5.41, 5.74) is 6.68. The van der Waals surface area contributed by atoms with Crippen LogP contribution in [-0.4, -0.2) is 38.0 Å². The van der Waals surface area contributed by atoms with Gasteiger partial charge in [-0.15, -0.1) is 0 Å². The van der Waals surface area contributed by atoms with Crippen LogP contribution in [0.5, 0.6) is 0 Å². The van der Waals surface area contributed by atoms with Gasteiger partial charge < -0.3 is 22.6 Å². The summed E-state index contributed by atoms with van der Waals surface area (Å²) in [6.45, 7) is 0.445. The highest BCUT2D eigenvalue weighted by molar-refractivity contribution is 6.33. The number of carbonyl (C=O) groups excluding carboxylic acids is 1. The molecule has 3 nitrogen and oxygen atoms in total. The van der Waals surface area contributed by atoms with E-state index in [0.717, 1.165) is 0 Å². The lowest BCUT2D eigenvalue weighted by atomic mass is 10.1. The summed E-state index contributed by atoms with van der Waals surface area (Å²) in [7, 11) is 5.91. The number of nitrogens with two attached hydrogens (primary N) is 1. The standard InChI is InChI=1S/C11H15ClN2O.ClH/c1-14(2,3)7-11(15)8-4-5-10(13)9(12)6-8;/h4-6H,7H2,1-3H3,(H-,13,15);1H. The number of nitrogen functional groups attached to an aromatic ring is 1. The first-order valence-corrected chi connectivity index (χ1v) is 5.06. The zero-order valence-electron chi connectivity index (χ0n) is 9.63. The van der Waals surface area contributed by atoms with Crippen molar-refractivity contribution in [1.82, 2.24) is 0 Å². The van der Waals surface area contributed by atoms with Gasteiger partial charge in [-0.05, 0) is 18.2 Å². The summed E-state index contributed by atoms with van der Waals surface area (Å²) < 4.78 is 0.598. The fourth-order valence-corrected chi connectivity index (χ4v) is 1.40. The Hall–Kier alpha value is -0.770. The molecule has 1 rings (SSSR count). The monoisotopic (exact) mass is 262 g/mol. The number of anilines is 1. The highest BCUT2D eigenvalue weighted by atomic mass is 35.5. The van der Waals surface area contributed by atoms with E-state index in [1.54, 1.807) is 18.2 Å². The van der Waals surface area contributed by atoms with Crippen LogP contribution in [0.1, 0.15) is 10.4 Å². The van der Waals surface area contributed by atoms with Crippen molar-refractivity contribution in [2.75, 3.05) is 33.4 Å². The van der Waals surface area contributed by atoms with Gasteiger partial charge in [-0.25, -0.2) is 0 Å². The van der Waals surface area contributed by atoms with Crippen molar-refractivity contribution < 1.29 is 21.7 Å². The fourth-order valence-electron chi connectivity index (χ4n) is 1.22. The molecule has 0 spiro atoms. The van der Waals surface area contributed by atoms with Crippen molar-refractivity contribution in [2.24, 2.45) is 0 Å². The minimum Gasteiger partial charge on any atom is -1.00 e. The fraction of sp³-hybridized carbons (Fsp3) is 0.364. The van der Waals surface area contributed by atoms with Gasteiger partial charge in [0, 0.05) is 5.56 Å². The van der Waals surface area contributed by atoms with E-state index in [2.05, 4.69) is 0 Å². The number of benzene rings is 1. The van der Waals surface area contributed by atoms with Gasteiger partial charge in [0.1, 0.15) is 6.54 Å². The molecule has 1 aromatic rings. The molecule has 5 heteroatoms. The van der Waals surface area contributed by atoms with Gasteiger partial charge in [0.25, 0.3) is 0 Å². The third-order valence-electron chi connectivity index (χ3n) is 1.94. The first-order valence-electron chi connectivity index (χ1n) is 4.68. The minimum absolute atomic E-state index is 0. The summed E-state index contributed by atoms with van der Waals surface area (Å²) in [6, 6.07) is 4.99. The SMILES string of the molecule is C[N+](C)(C)CC(=O)c1ccc(N)c(Cl)c1.[Cl-]. The maximum Gasteiger partial charge on any atom is 0.216 e. The van der Waals surface area contributed by atoms with Gasteiger partial charge >= 0.3 is 0 Å². The second-order valence-corrected chi connectivity index (χ2v) is 5.02. The van der Waals surface area contributed by atoms with E-state index in [-0.39, 0.29) is 18.2 Å². The molecule has 0 fully saturated rings. The highest BCUT2D eigenvalue weighted by Crippen LogP contribution is 2.20. The number of carbonyl (C=O) groups is 1. The maximum atomic E-state index is 11.8. The molecule has 0 aliphatic heterocycles. The van der Waals surface area contributed by atoms with Crippen LogP contribution in [0, 0.1) is 0 Å². The van der Waals surface area contributed by atoms with E-state index >= 15 is 0 Å². The summed E-state index contributed by atoms with van der Waals surface area (Å²) in [5, 5.41) is 0.433. The van der Waals surface area contributed by atoms with E-state index in [4.69, 9.17) is 17.3 Å². The van der Waals surface area contributed by atoms with Crippen molar-refractivity contribution in [2.45, 2.75) is 0 Å². The van der Waals surface area contributed by atoms with Crippen molar-refractivity contribution in [3.63, 3.8) is 0 Å². The molecule has 0 atom stereocenters. The van der Waals surface area contributed by atoms with Crippen LogP contribution in [-0.2, 0) is 0 Å². The molecule has 0 unspecified atom stereocenters. The summed E-state index contributed by atoms with van der Waals surface area (Å²) in [5.74, 6) is 0.0735. The summed E-state index contributed by atoms with van der Waals surface area (Å²) >= 11 is 5.85. The zero-order valence-corrected chi connectivity index (χ0v) is 11.1. The van der Waals surface area contributed by atoms with Crippen LogP contribution >= 0.6 is 11.6 Å². The quantitative estimate of drug-likeness (QED) is 0.423. The molecule has 0 heterocycles. The Morgan fingerprint density at radius 3 is 2.38 bits per heavy atom. The number of likely N-dealkylation sites (N-methyl/N-ethyl adjacent to an activating group) is 1. The zero-order chi connectivity index (χ0) is 11.6. The molecule has 1 aromatic carbocycles. The van der Waals surface area contributed by atoms with Crippen LogP contribution in [0.4, 0.5) is 5.69 Å². The lowest BCUT2D eigenvalue weighted by molar-refractivity contribution is -0.861. The van der Waals surface area contributed by atoms with Crippen LogP contribution in [0.3, 0.4) is 0 Å². The van der Waals surface area contributed by atoms with Crippen molar-refractivity contribution >= 4 is 23.1 Å². The molecular weight excluding hydrogens is 247 g/mol. The number of quaternary nitrogens is 1. The Balaban J connectivity index is 0.00000225. The van der Waals surface area contributed by atoms with E-state index in [1.165, 1.54) is 0 Å². The second kappa shape index (κ2) is 5.53. The number of hydrogen-bond donors (Lipinski definition) is 1. The minimum atomic E-state index is 0. The molecule has 16 heavy (non-hydrogen) atoms. The van der Waals surface area contributed by atoms with Gasteiger partial charge in [-0.3, -0.25) is 4.79 Å². The smallest absolute Gasteiger partial charge is 0.216 e. The topological polar surface area (TPSA) is 43.1 Å². The normalized spacial score (nSPS) is 10.8. The van der Waals surface area contributed by atoms with Crippen molar-refractivity contribution in [3.05, 3.63) is 28.8 Å². The Morgan fingerprint density at radius 2 is 1.94 bits per heavy atom. The molecule has 0 radical (unpaired) electrons. The van der Waals surface area contributed by atoms with E-state index in [1.807, 2.05) is 21.1 Å². The van der Waals surface area contributed by atoms with Gasteiger partial charge in [0.05, 0.1) is 31.9 Å². The Kier molecular flexibility index (Phi) is 5.26. The summed E-state index contributed by atoms with van der Waals surface area (Å²) in [4.78, 5) is 11.8. The molecule has 0 bridgehead atoms. The van der Waals surface area contributed by atoms with Gasteiger partial charge in [0.15, 0.2) is 0 Å². The first-order chi connectivity index (χ1) is 6.79. The van der Waals surface area contributed by atoms with Crippen molar-refractivity contribution in [3.8, 4) is 0 Å². The van der Waals surface area contributed by atoms with Gasteiger partial charge in [0.2, 0.25) is 5.78 Å². The Bertz CT molecular complexity index is 386. The molecular formula is C11H16Cl2N2O. The molecule has 0 aromatic heterocycles. The number of halogens is 2. The van der Waals surface area contributed by atoms with E-state index in [0.29, 0.717) is 27.3 Å². The van der Waals surface area contributed by atoms with E-state index in [9.17, 15) is 4.79 Å². The van der Waals surface area contributed by atoms with Crippen LogP contribution < -0.4 is 18.1 Å². The second-order valence-electron chi connectivity index (χ2n) is 4.61. The highest BCUT2D eigenvalue weighted by Gasteiger charge is 2.16. The maximum absolute atomic E-state index is 11.8. The van der Waals surface area contributed by atoms with Crippen LogP contribution in [0.15, 0.2) is 18.2 Å². The summed E-state index contributed by atoms with van der Waals surface area (Å²) in [6.07, 6.45) is 0. The molecule has 0 saturated carbocycles. The third-order valence-corrected chi connectivity index (χ3v) is 2.27. The van der Waals surface area contributed by atoms with Crippen molar-refractivity contribution in [1.29, 1.82) is 0 Å². The lowest BCUT2D eigenvalue weighted by Crippen LogP contribution is -3.00. The predicted octanol–water partition coefficient (Wildman–Crippen LogP) is -1.18. The molecule has 0 aliphatic carbocycles. The molecule has 2 N–H and O–H groups in total. The number of Topliss-reactive ketones (excluding diaryl/α,β-unsaturated/α-hetero) is 1. The lowest BCUT2D eigenvalue weighted by Gasteiger charge is -2.22. The van der Waals surface area contributed by atoms with Crippen LogP contribution in [0.2, 0.25) is 5.02 Å². The predicted molar refractivity (Wildman–Crippen MR) is 63.1 cm³/mol. The number of hydrogen-bond acceptors (Lipinski definition) is 2. The molecule has 0 amide bonds. The number of ketones is 1. The number of nitrogens with zero attached hydrogens (tertiary/aromatic N) is 1. The Morgan fingerprint density at radius 1 is 1.38 bits per heavy atom. The molecule has 0 aliphatic rings. The Labute approximate surface area is 107 Å². The van der Waals surface area contributed by atoms with Crippen LogP contribution in [0.25, 0.3) is 0 Å². The van der Waals surface area contributed by atoms with Gasteiger partial charge in [-0.2, -0.15) is 0 Å².